The van der Waals surface area contributed by atoms with Crippen LogP contribution < -0.4 is 15.1 Å². The molecule has 0 bridgehead atoms. The van der Waals surface area contributed by atoms with Crippen molar-refractivity contribution in [2.75, 3.05) is 41.3 Å². The first-order valence-electron chi connectivity index (χ1n) is 11.6. The minimum absolute atomic E-state index is 0.168. The number of rotatable bonds is 5. The normalized spacial score (nSPS) is 13.6. The number of hydrogen-bond donors (Lipinski definition) is 2. The van der Waals surface area contributed by atoms with Crippen LogP contribution in [0.15, 0.2) is 78.9 Å². The molecule has 1 fully saturated rings. The third-order valence-corrected chi connectivity index (χ3v) is 6.32. The molecule has 35 heavy (non-hydrogen) atoms. The monoisotopic (exact) mass is 466 g/mol. The molecule has 0 unspecified atom stereocenters. The summed E-state index contributed by atoms with van der Waals surface area (Å²) >= 11 is 0. The number of carboxylic acids is 1. The maximum Gasteiger partial charge on any atom is 0.336 e. The molecule has 0 saturated carbocycles. The highest BCUT2D eigenvalue weighted by Gasteiger charge is 2.21. The van der Waals surface area contributed by atoms with Gasteiger partial charge in [0.1, 0.15) is 5.82 Å². The first-order chi connectivity index (χ1) is 17.0. The smallest absolute Gasteiger partial charge is 0.336 e. The molecule has 1 saturated heterocycles. The molecule has 1 aliphatic rings. The van der Waals surface area contributed by atoms with Crippen molar-refractivity contribution in [2.45, 2.75) is 6.92 Å². The second-order valence-electron chi connectivity index (χ2n) is 8.69. The number of carbonyl (C=O) groups excluding carboxylic acids is 1. The fraction of sp³-hybridized carbons (Fsp3) is 0.179. The van der Waals surface area contributed by atoms with Crippen LogP contribution in [0, 0.1) is 6.92 Å². The molecular weight excluding hydrogens is 440 g/mol. The van der Waals surface area contributed by atoms with Gasteiger partial charge in [-0.15, -0.1) is 0 Å². The van der Waals surface area contributed by atoms with Crippen LogP contribution in [-0.4, -0.2) is 48.1 Å². The molecule has 0 spiro atoms. The Bertz CT molecular complexity index is 1380. The summed E-state index contributed by atoms with van der Waals surface area (Å²) in [5.74, 6) is -0.621. The lowest BCUT2D eigenvalue weighted by Gasteiger charge is -2.37. The molecule has 2 N–H and O–H groups in total. The lowest BCUT2D eigenvalue weighted by atomic mass is 10.1. The quantitative estimate of drug-likeness (QED) is 0.439. The number of anilines is 3. The number of hydrogen-bond acceptors (Lipinski definition) is 5. The third kappa shape index (κ3) is 4.80. The van der Waals surface area contributed by atoms with Crippen LogP contribution in [0.1, 0.15) is 26.3 Å². The van der Waals surface area contributed by atoms with Crippen LogP contribution >= 0.6 is 0 Å². The van der Waals surface area contributed by atoms with E-state index in [-0.39, 0.29) is 11.5 Å². The number of aryl methyl sites for hydroxylation is 1. The molecule has 7 nitrogen and oxygen atoms in total. The fourth-order valence-corrected chi connectivity index (χ4v) is 4.37. The summed E-state index contributed by atoms with van der Waals surface area (Å²) in [5.41, 5.74) is 4.07. The van der Waals surface area contributed by atoms with Crippen molar-refractivity contribution in [3.63, 3.8) is 0 Å². The zero-order valence-electron chi connectivity index (χ0n) is 19.4. The summed E-state index contributed by atoms with van der Waals surface area (Å²) in [6, 6.07) is 24.4. The van der Waals surface area contributed by atoms with Gasteiger partial charge in [-0.25, -0.2) is 9.78 Å². The molecule has 0 aliphatic carbocycles. The number of carbonyl (C=O) groups is 2. The molecule has 7 heteroatoms. The van der Waals surface area contributed by atoms with Gasteiger partial charge in [-0.2, -0.15) is 0 Å². The van der Waals surface area contributed by atoms with Crippen molar-refractivity contribution in [2.24, 2.45) is 0 Å². The topological polar surface area (TPSA) is 85.8 Å². The number of benzene rings is 3. The summed E-state index contributed by atoms with van der Waals surface area (Å²) in [6.07, 6.45) is 0. The van der Waals surface area contributed by atoms with Gasteiger partial charge >= 0.3 is 5.97 Å². The molecule has 176 valence electrons. The molecule has 4 aromatic rings. The van der Waals surface area contributed by atoms with E-state index in [2.05, 4.69) is 27.2 Å². The van der Waals surface area contributed by atoms with Crippen molar-refractivity contribution in [1.29, 1.82) is 0 Å². The van der Waals surface area contributed by atoms with E-state index in [0.29, 0.717) is 28.0 Å². The number of aromatic carboxylic acids is 1. The standard InChI is InChI=1S/C28H26N4O3/c1-19-7-9-20(10-8-19)27(33)29-21-11-12-25-23(17-21)24(28(34)35)18-26(30-25)32-15-13-31(14-16-32)22-5-3-2-4-6-22/h2-12,17-18H,13-16H2,1H3,(H,29,33)(H,34,35). The Morgan fingerprint density at radius 2 is 1.54 bits per heavy atom. The summed E-state index contributed by atoms with van der Waals surface area (Å²) in [6.45, 7) is 5.11. The molecule has 1 aromatic heterocycles. The predicted octanol–water partition coefficient (Wildman–Crippen LogP) is 4.82. The van der Waals surface area contributed by atoms with E-state index in [1.54, 1.807) is 36.4 Å². The molecule has 3 aromatic carbocycles. The van der Waals surface area contributed by atoms with Gasteiger partial charge in [0, 0.05) is 48.5 Å². The molecular formula is C28H26N4O3. The van der Waals surface area contributed by atoms with Crippen molar-refractivity contribution in [3.05, 3.63) is 95.6 Å². The summed E-state index contributed by atoms with van der Waals surface area (Å²) in [5, 5.41) is 13.3. The molecule has 2 heterocycles. The van der Waals surface area contributed by atoms with Gasteiger partial charge in [0.2, 0.25) is 0 Å². The molecule has 5 rings (SSSR count). The summed E-state index contributed by atoms with van der Waals surface area (Å²) < 4.78 is 0. The first kappa shape index (κ1) is 22.4. The maximum absolute atomic E-state index is 12.6. The zero-order chi connectivity index (χ0) is 24.4. The van der Waals surface area contributed by atoms with E-state index < -0.39 is 5.97 Å². The SMILES string of the molecule is Cc1ccc(C(=O)Nc2ccc3nc(N4CCN(c5ccccc5)CC4)cc(C(=O)O)c3c2)cc1. The highest BCUT2D eigenvalue weighted by atomic mass is 16.4. The van der Waals surface area contributed by atoms with Crippen molar-refractivity contribution < 1.29 is 14.7 Å². The van der Waals surface area contributed by atoms with Gasteiger partial charge in [0.25, 0.3) is 5.91 Å². The maximum atomic E-state index is 12.6. The Kier molecular flexibility index (Phi) is 6.06. The van der Waals surface area contributed by atoms with Gasteiger partial charge in [-0.05, 0) is 55.5 Å². The zero-order valence-corrected chi connectivity index (χ0v) is 19.4. The van der Waals surface area contributed by atoms with Gasteiger partial charge in [0.05, 0.1) is 11.1 Å². The minimum Gasteiger partial charge on any atom is -0.478 e. The molecule has 0 atom stereocenters. The lowest BCUT2D eigenvalue weighted by Crippen LogP contribution is -2.46. The second kappa shape index (κ2) is 9.46. The van der Waals surface area contributed by atoms with Crippen LogP contribution in [0.5, 0.6) is 0 Å². The van der Waals surface area contributed by atoms with Gasteiger partial charge in [-0.1, -0.05) is 35.9 Å². The Morgan fingerprint density at radius 3 is 2.23 bits per heavy atom. The molecule has 0 radical (unpaired) electrons. The van der Waals surface area contributed by atoms with Gasteiger partial charge < -0.3 is 20.2 Å². The van der Waals surface area contributed by atoms with Crippen molar-refractivity contribution in [1.82, 2.24) is 4.98 Å². The number of carboxylic acid groups (broad SMARTS) is 1. The van der Waals surface area contributed by atoms with E-state index in [1.165, 1.54) is 5.69 Å². The number of pyridine rings is 1. The Balaban J connectivity index is 1.38. The van der Waals surface area contributed by atoms with Crippen LogP contribution in [0.3, 0.4) is 0 Å². The first-order valence-corrected chi connectivity index (χ1v) is 11.6. The number of amides is 1. The van der Waals surface area contributed by atoms with E-state index >= 15 is 0 Å². The van der Waals surface area contributed by atoms with Crippen molar-refractivity contribution >= 4 is 40.0 Å². The van der Waals surface area contributed by atoms with Crippen LogP contribution in [0.2, 0.25) is 0 Å². The van der Waals surface area contributed by atoms with E-state index in [4.69, 9.17) is 4.98 Å². The van der Waals surface area contributed by atoms with Gasteiger partial charge in [0.15, 0.2) is 0 Å². The number of aromatic nitrogens is 1. The van der Waals surface area contributed by atoms with E-state index in [9.17, 15) is 14.7 Å². The van der Waals surface area contributed by atoms with Gasteiger partial charge in [-0.3, -0.25) is 4.79 Å². The highest BCUT2D eigenvalue weighted by Crippen LogP contribution is 2.27. The number of fused-ring (bicyclic) bond motifs is 1. The average molecular weight is 467 g/mol. The summed E-state index contributed by atoms with van der Waals surface area (Å²) in [4.78, 5) is 33.9. The van der Waals surface area contributed by atoms with Crippen LogP contribution in [-0.2, 0) is 0 Å². The highest BCUT2D eigenvalue weighted by molar-refractivity contribution is 6.08. The number of para-hydroxylation sites is 1. The Labute approximate surface area is 203 Å². The summed E-state index contributed by atoms with van der Waals surface area (Å²) in [7, 11) is 0. The molecule has 1 aliphatic heterocycles. The number of piperazine rings is 1. The van der Waals surface area contributed by atoms with E-state index in [1.807, 2.05) is 37.3 Å². The largest absolute Gasteiger partial charge is 0.478 e. The molecule has 1 amide bonds. The Hall–Kier alpha value is -4.39. The van der Waals surface area contributed by atoms with Crippen LogP contribution in [0.4, 0.5) is 17.2 Å². The second-order valence-corrected chi connectivity index (χ2v) is 8.69. The average Bonchev–Trinajstić information content (AvgIpc) is 2.89. The number of nitrogens with one attached hydrogen (secondary N) is 1. The van der Waals surface area contributed by atoms with Crippen LogP contribution in [0.25, 0.3) is 10.9 Å². The number of nitrogens with zero attached hydrogens (tertiary/aromatic N) is 3. The Morgan fingerprint density at radius 1 is 0.857 bits per heavy atom. The lowest BCUT2D eigenvalue weighted by molar-refractivity contribution is 0.0698. The van der Waals surface area contributed by atoms with Crippen molar-refractivity contribution in [3.8, 4) is 0 Å². The fourth-order valence-electron chi connectivity index (χ4n) is 4.37. The third-order valence-electron chi connectivity index (χ3n) is 6.32. The predicted molar refractivity (Wildman–Crippen MR) is 139 cm³/mol. The van der Waals surface area contributed by atoms with E-state index in [0.717, 1.165) is 31.7 Å². The minimum atomic E-state index is -1.02.